The van der Waals surface area contributed by atoms with Gasteiger partial charge >= 0.3 is 12.2 Å². The highest BCUT2D eigenvalue weighted by Gasteiger charge is 2.31. The van der Waals surface area contributed by atoms with E-state index in [2.05, 4.69) is 34.2 Å². The van der Waals surface area contributed by atoms with Crippen LogP contribution >= 0.6 is 0 Å². The Bertz CT molecular complexity index is 736. The number of amides is 2. The number of alkyl halides is 3. The molecule has 1 fully saturated rings. The van der Waals surface area contributed by atoms with Gasteiger partial charge in [-0.15, -0.1) is 0 Å². The highest BCUT2D eigenvalue weighted by Crippen LogP contribution is 2.26. The van der Waals surface area contributed by atoms with E-state index in [0.29, 0.717) is 12.8 Å². The molecule has 8 heteroatoms. The molecular weight excluding hydrogens is 386 g/mol. The highest BCUT2D eigenvalue weighted by molar-refractivity contribution is 5.77. The lowest BCUT2D eigenvalue weighted by Crippen LogP contribution is -2.47. The van der Waals surface area contributed by atoms with Crippen molar-refractivity contribution in [3.8, 4) is 0 Å². The third-order valence-electron chi connectivity index (χ3n) is 4.47. The van der Waals surface area contributed by atoms with Crippen LogP contribution in [0.25, 0.3) is 0 Å². The lowest BCUT2D eigenvalue weighted by atomic mass is 10.0. The smallest absolute Gasteiger partial charge is 0.335 e. The second-order valence-corrected chi connectivity index (χ2v) is 6.84. The van der Waals surface area contributed by atoms with Gasteiger partial charge in [-0.05, 0) is 24.5 Å². The van der Waals surface area contributed by atoms with E-state index in [-0.39, 0.29) is 6.04 Å². The number of likely N-dealkylation sites (tertiary alicyclic amines) is 1. The third kappa shape index (κ3) is 8.51. The van der Waals surface area contributed by atoms with Gasteiger partial charge in [-0.25, -0.2) is 9.18 Å². The van der Waals surface area contributed by atoms with Crippen molar-refractivity contribution >= 4 is 6.03 Å². The molecule has 1 aromatic rings. The maximum Gasteiger partial charge on any atom is 0.395 e. The zero-order valence-corrected chi connectivity index (χ0v) is 16.0. The van der Waals surface area contributed by atoms with Crippen LogP contribution in [0.4, 0.5) is 22.4 Å². The van der Waals surface area contributed by atoms with Crippen LogP contribution in [-0.4, -0.2) is 36.2 Å². The fraction of sp³-hybridized carbons (Fsp3) is 0.381. The van der Waals surface area contributed by atoms with Crippen molar-refractivity contribution in [2.45, 2.75) is 38.0 Å². The average Bonchev–Trinajstić information content (AvgIpc) is 2.66. The van der Waals surface area contributed by atoms with Crippen LogP contribution in [0.15, 0.2) is 66.7 Å². The summed E-state index contributed by atoms with van der Waals surface area (Å²) >= 11 is 0. The van der Waals surface area contributed by atoms with Gasteiger partial charge < -0.3 is 10.6 Å². The summed E-state index contributed by atoms with van der Waals surface area (Å²) in [5, 5.41) is 4.89. The minimum Gasteiger partial charge on any atom is -0.335 e. The lowest BCUT2D eigenvalue weighted by Gasteiger charge is -2.32. The molecule has 0 saturated carbocycles. The fourth-order valence-corrected chi connectivity index (χ4v) is 3.06. The fourth-order valence-electron chi connectivity index (χ4n) is 3.06. The van der Waals surface area contributed by atoms with Gasteiger partial charge in [-0.2, -0.15) is 13.2 Å². The van der Waals surface area contributed by atoms with Crippen molar-refractivity contribution in [1.82, 2.24) is 15.5 Å². The van der Waals surface area contributed by atoms with E-state index in [1.165, 1.54) is 17.7 Å². The van der Waals surface area contributed by atoms with Gasteiger partial charge in [0.2, 0.25) is 0 Å². The predicted octanol–water partition coefficient (Wildman–Crippen LogP) is 4.83. The molecule has 0 aliphatic carbocycles. The largest absolute Gasteiger partial charge is 0.395 e. The summed E-state index contributed by atoms with van der Waals surface area (Å²) in [6.45, 7) is 5.77. The van der Waals surface area contributed by atoms with Crippen LogP contribution in [-0.2, 0) is 6.54 Å². The van der Waals surface area contributed by atoms with Crippen LogP contribution in [0.5, 0.6) is 0 Å². The number of hydrogen-bond donors (Lipinski definition) is 2. The average molecular weight is 411 g/mol. The van der Waals surface area contributed by atoms with Gasteiger partial charge in [0, 0.05) is 25.7 Å². The Morgan fingerprint density at radius 1 is 1.21 bits per heavy atom. The van der Waals surface area contributed by atoms with Gasteiger partial charge in [0.15, 0.2) is 0 Å². The van der Waals surface area contributed by atoms with Crippen LogP contribution in [0.3, 0.4) is 0 Å². The second kappa shape index (κ2) is 10.8. The Balaban J connectivity index is 1.86. The Labute approximate surface area is 168 Å². The zero-order valence-electron chi connectivity index (χ0n) is 16.0. The molecule has 1 aromatic carbocycles. The molecule has 4 nitrogen and oxygen atoms in total. The van der Waals surface area contributed by atoms with Crippen molar-refractivity contribution in [2.24, 2.45) is 0 Å². The highest BCUT2D eigenvalue weighted by atomic mass is 19.4. The molecule has 1 saturated heterocycles. The summed E-state index contributed by atoms with van der Waals surface area (Å²) in [5.74, 6) is -1.46. The SMILES string of the molecule is C=C/C=C\C(NC(=O)NC1CCN(Cc2ccccc2)CC1)=C(\F)CC(F)(F)F. The Hall–Kier alpha value is -2.61. The summed E-state index contributed by atoms with van der Waals surface area (Å²) in [5.41, 5.74) is 0.682. The minimum atomic E-state index is -4.71. The number of halogens is 4. The molecule has 0 bridgehead atoms. The quantitative estimate of drug-likeness (QED) is 0.499. The number of carbonyl (C=O) groups is 1. The van der Waals surface area contributed by atoms with E-state index in [9.17, 15) is 22.4 Å². The molecule has 2 amide bonds. The molecule has 0 atom stereocenters. The van der Waals surface area contributed by atoms with Gasteiger partial charge in [0.05, 0.1) is 12.1 Å². The summed E-state index contributed by atoms with van der Waals surface area (Å²) in [7, 11) is 0. The van der Waals surface area contributed by atoms with E-state index in [1.54, 1.807) is 0 Å². The van der Waals surface area contributed by atoms with E-state index in [4.69, 9.17) is 0 Å². The first-order chi connectivity index (χ1) is 13.8. The number of nitrogens with zero attached hydrogens (tertiary/aromatic N) is 1. The number of carbonyl (C=O) groups excluding carboxylic acids is 1. The van der Waals surface area contributed by atoms with Crippen LogP contribution in [0, 0.1) is 0 Å². The van der Waals surface area contributed by atoms with Gasteiger partial charge in [-0.3, -0.25) is 4.90 Å². The number of nitrogens with one attached hydrogen (secondary N) is 2. The third-order valence-corrected chi connectivity index (χ3v) is 4.47. The first-order valence-electron chi connectivity index (χ1n) is 9.35. The Kier molecular flexibility index (Phi) is 8.45. The van der Waals surface area contributed by atoms with Crippen LogP contribution < -0.4 is 10.6 Å². The molecule has 158 valence electrons. The van der Waals surface area contributed by atoms with Gasteiger partial charge in [0.1, 0.15) is 5.83 Å². The molecule has 0 spiro atoms. The maximum absolute atomic E-state index is 13.9. The number of piperidine rings is 1. The number of benzene rings is 1. The molecule has 0 radical (unpaired) electrons. The molecule has 1 heterocycles. The topological polar surface area (TPSA) is 44.4 Å². The molecule has 1 aliphatic heterocycles. The molecule has 0 aromatic heterocycles. The predicted molar refractivity (Wildman–Crippen MR) is 105 cm³/mol. The summed E-state index contributed by atoms with van der Waals surface area (Å²) < 4.78 is 51.2. The van der Waals surface area contributed by atoms with Crippen molar-refractivity contribution in [2.75, 3.05) is 13.1 Å². The normalized spacial score (nSPS) is 17.1. The molecule has 0 unspecified atom stereocenters. The number of rotatable bonds is 7. The van der Waals surface area contributed by atoms with Crippen molar-refractivity contribution < 1.29 is 22.4 Å². The number of hydrogen-bond acceptors (Lipinski definition) is 2. The molecular formula is C21H25F4N3O. The maximum atomic E-state index is 13.9. The van der Waals surface area contributed by atoms with Gasteiger partial charge in [0.25, 0.3) is 0 Å². The molecule has 1 aliphatic rings. The summed E-state index contributed by atoms with van der Waals surface area (Å²) in [6.07, 6.45) is -1.46. The van der Waals surface area contributed by atoms with Crippen molar-refractivity contribution in [3.63, 3.8) is 0 Å². The first-order valence-corrected chi connectivity index (χ1v) is 9.35. The zero-order chi connectivity index (χ0) is 21.3. The lowest BCUT2D eigenvalue weighted by molar-refractivity contribution is -0.130. The second-order valence-electron chi connectivity index (χ2n) is 6.84. The standard InChI is InChI=1S/C21H25F4N3O/c1-2-3-9-19(18(22)14-21(23,24)25)27-20(29)26-17-10-12-28(13-11-17)15-16-7-5-4-6-8-16/h2-9,17H,1,10-15H2,(H2,26,27,29)/b9-3-,19-18-. The van der Waals surface area contributed by atoms with E-state index >= 15 is 0 Å². The molecule has 2 rings (SSSR count). The Morgan fingerprint density at radius 2 is 1.86 bits per heavy atom. The van der Waals surface area contributed by atoms with E-state index in [1.807, 2.05) is 18.2 Å². The number of allylic oxidation sites excluding steroid dienone is 4. The monoisotopic (exact) mass is 411 g/mol. The van der Waals surface area contributed by atoms with E-state index < -0.39 is 30.2 Å². The minimum absolute atomic E-state index is 0.127. The molecule has 2 N–H and O–H groups in total. The summed E-state index contributed by atoms with van der Waals surface area (Å²) in [4.78, 5) is 14.4. The van der Waals surface area contributed by atoms with Gasteiger partial charge in [-0.1, -0.05) is 49.1 Å². The number of urea groups is 1. The Morgan fingerprint density at radius 3 is 2.45 bits per heavy atom. The van der Waals surface area contributed by atoms with Crippen molar-refractivity contribution in [1.29, 1.82) is 0 Å². The van der Waals surface area contributed by atoms with E-state index in [0.717, 1.165) is 25.7 Å². The molecule has 29 heavy (non-hydrogen) atoms. The van der Waals surface area contributed by atoms with Crippen molar-refractivity contribution in [3.05, 3.63) is 72.2 Å². The van der Waals surface area contributed by atoms with Crippen LogP contribution in [0.2, 0.25) is 0 Å². The summed E-state index contributed by atoms with van der Waals surface area (Å²) in [6, 6.07) is 9.18. The van der Waals surface area contributed by atoms with Crippen LogP contribution in [0.1, 0.15) is 24.8 Å². The first kappa shape index (κ1) is 22.7.